The van der Waals surface area contributed by atoms with Crippen molar-refractivity contribution in [2.24, 2.45) is 0 Å². The smallest absolute Gasteiger partial charge is 0.272 e. The Bertz CT molecular complexity index is 700. The number of nitrogens with zero attached hydrogens (tertiary/aromatic N) is 2. The second-order valence-corrected chi connectivity index (χ2v) is 4.17. The molecule has 1 aromatic carbocycles. The second kappa shape index (κ2) is 5.45. The normalized spacial score (nSPS) is 10.1. The van der Waals surface area contributed by atoms with Gasteiger partial charge in [0.05, 0.1) is 11.4 Å². The van der Waals surface area contributed by atoms with Crippen molar-refractivity contribution < 1.29 is 9.18 Å². The molecule has 1 heterocycles. The molecule has 2 rings (SSSR count). The summed E-state index contributed by atoms with van der Waals surface area (Å²) in [5.74, 6) is -1.11. The number of nitrogens with one attached hydrogen (secondary N) is 1. The first-order chi connectivity index (χ1) is 9.56. The van der Waals surface area contributed by atoms with Crippen molar-refractivity contribution in [2.45, 2.75) is 13.5 Å². The molecule has 6 heteroatoms. The molecular formula is C14H13FN4O. The molecule has 1 amide bonds. The number of benzene rings is 1. The third-order valence-electron chi connectivity index (χ3n) is 2.86. The quantitative estimate of drug-likeness (QED) is 0.899. The fourth-order valence-corrected chi connectivity index (χ4v) is 1.91. The lowest BCUT2D eigenvalue weighted by Crippen LogP contribution is -2.17. The molecule has 0 saturated carbocycles. The van der Waals surface area contributed by atoms with E-state index in [1.165, 1.54) is 24.3 Å². The van der Waals surface area contributed by atoms with Gasteiger partial charge in [0.2, 0.25) is 0 Å². The summed E-state index contributed by atoms with van der Waals surface area (Å²) >= 11 is 0. The molecule has 0 fully saturated rings. The van der Waals surface area contributed by atoms with Crippen molar-refractivity contribution in [3.63, 3.8) is 0 Å². The molecule has 20 heavy (non-hydrogen) atoms. The minimum absolute atomic E-state index is 0.139. The van der Waals surface area contributed by atoms with Crippen LogP contribution in [0.15, 0.2) is 30.5 Å². The number of nitrogen functional groups attached to an aromatic ring is 1. The number of anilines is 2. The van der Waals surface area contributed by atoms with Gasteiger partial charge in [-0.1, -0.05) is 6.07 Å². The number of rotatable bonds is 3. The van der Waals surface area contributed by atoms with Crippen molar-refractivity contribution in [1.82, 2.24) is 4.57 Å². The van der Waals surface area contributed by atoms with Gasteiger partial charge in [0.1, 0.15) is 23.1 Å². The highest BCUT2D eigenvalue weighted by molar-refractivity contribution is 6.04. The van der Waals surface area contributed by atoms with Crippen LogP contribution in [0.25, 0.3) is 0 Å². The van der Waals surface area contributed by atoms with Crippen molar-refractivity contribution in [3.8, 4) is 6.07 Å². The maximum absolute atomic E-state index is 13.5. The number of halogens is 1. The summed E-state index contributed by atoms with van der Waals surface area (Å²) < 4.78 is 15.1. The van der Waals surface area contributed by atoms with Crippen molar-refractivity contribution >= 4 is 17.3 Å². The molecule has 0 aliphatic rings. The van der Waals surface area contributed by atoms with Crippen LogP contribution in [0.2, 0.25) is 0 Å². The van der Waals surface area contributed by atoms with Crippen molar-refractivity contribution in [2.75, 3.05) is 11.1 Å². The lowest BCUT2D eigenvalue weighted by Gasteiger charge is -2.09. The minimum Gasteiger partial charge on any atom is -0.397 e. The average molecular weight is 272 g/mol. The van der Waals surface area contributed by atoms with Crippen molar-refractivity contribution in [1.29, 1.82) is 5.26 Å². The Kier molecular flexibility index (Phi) is 3.71. The Morgan fingerprint density at radius 1 is 1.55 bits per heavy atom. The lowest BCUT2D eigenvalue weighted by molar-refractivity contribution is 0.101. The van der Waals surface area contributed by atoms with Crippen LogP contribution in [-0.4, -0.2) is 10.5 Å². The second-order valence-electron chi connectivity index (χ2n) is 4.17. The summed E-state index contributed by atoms with van der Waals surface area (Å²) in [5, 5.41) is 11.4. The van der Waals surface area contributed by atoms with E-state index in [9.17, 15) is 9.18 Å². The Morgan fingerprint density at radius 2 is 2.30 bits per heavy atom. The van der Waals surface area contributed by atoms with E-state index in [1.54, 1.807) is 16.8 Å². The standard InChI is InChI=1S/C14H13FN4O/c1-2-19-8-9(17)6-13(19)14(20)18-12-5-3-4-11(15)10(12)7-16/h3-6,8H,2,17H2,1H3,(H,18,20). The van der Waals surface area contributed by atoms with Gasteiger partial charge in [-0.15, -0.1) is 0 Å². The zero-order chi connectivity index (χ0) is 14.7. The topological polar surface area (TPSA) is 83.8 Å². The summed E-state index contributed by atoms with van der Waals surface area (Å²) in [7, 11) is 0. The zero-order valence-corrected chi connectivity index (χ0v) is 10.9. The van der Waals surface area contributed by atoms with E-state index >= 15 is 0 Å². The summed E-state index contributed by atoms with van der Waals surface area (Å²) in [6, 6.07) is 7.34. The van der Waals surface area contributed by atoms with Gasteiger partial charge >= 0.3 is 0 Å². The number of aryl methyl sites for hydroxylation is 1. The first-order valence-corrected chi connectivity index (χ1v) is 6.02. The maximum atomic E-state index is 13.5. The Hall–Kier alpha value is -2.81. The van der Waals surface area contributed by atoms with Crippen LogP contribution < -0.4 is 11.1 Å². The molecule has 0 unspecified atom stereocenters. The highest BCUT2D eigenvalue weighted by Gasteiger charge is 2.15. The number of carbonyl (C=O) groups is 1. The van der Waals surface area contributed by atoms with Crippen molar-refractivity contribution in [3.05, 3.63) is 47.5 Å². The molecule has 0 spiro atoms. The molecule has 102 valence electrons. The molecule has 0 aliphatic carbocycles. The van der Waals surface area contributed by atoms with Gasteiger partial charge in [0.15, 0.2) is 0 Å². The number of nitrogens with two attached hydrogens (primary N) is 1. The van der Waals surface area contributed by atoms with Gasteiger partial charge in [-0.25, -0.2) is 4.39 Å². The average Bonchev–Trinajstić information content (AvgIpc) is 2.80. The van der Waals surface area contributed by atoms with E-state index in [2.05, 4.69) is 5.32 Å². The fourth-order valence-electron chi connectivity index (χ4n) is 1.91. The molecule has 0 aliphatic heterocycles. The van der Waals surface area contributed by atoms with Gasteiger partial charge in [0, 0.05) is 12.7 Å². The highest BCUT2D eigenvalue weighted by atomic mass is 19.1. The summed E-state index contributed by atoms with van der Waals surface area (Å²) in [6.45, 7) is 2.45. The van der Waals surface area contributed by atoms with E-state index in [1.807, 2.05) is 6.92 Å². The molecule has 0 atom stereocenters. The van der Waals surface area contributed by atoms with Crippen LogP contribution in [-0.2, 0) is 6.54 Å². The number of hydrogen-bond acceptors (Lipinski definition) is 3. The predicted molar refractivity (Wildman–Crippen MR) is 73.6 cm³/mol. The van der Waals surface area contributed by atoms with E-state index < -0.39 is 11.7 Å². The summed E-state index contributed by atoms with van der Waals surface area (Å²) in [5.41, 5.74) is 6.43. The molecule has 0 bridgehead atoms. The maximum Gasteiger partial charge on any atom is 0.272 e. The fraction of sp³-hybridized carbons (Fsp3) is 0.143. The number of carbonyl (C=O) groups excluding carboxylic acids is 1. The summed E-state index contributed by atoms with van der Waals surface area (Å²) in [4.78, 5) is 12.2. The van der Waals surface area contributed by atoms with Crippen LogP contribution in [0.5, 0.6) is 0 Å². The first kappa shape index (κ1) is 13.6. The van der Waals surface area contributed by atoms with E-state index in [0.717, 1.165) is 0 Å². The number of aromatic nitrogens is 1. The van der Waals surface area contributed by atoms with Crippen LogP contribution in [0.4, 0.5) is 15.8 Å². The van der Waals surface area contributed by atoms with E-state index in [4.69, 9.17) is 11.0 Å². The van der Waals surface area contributed by atoms with Gasteiger partial charge in [-0.3, -0.25) is 4.79 Å². The Morgan fingerprint density at radius 3 is 2.95 bits per heavy atom. The van der Waals surface area contributed by atoms with Gasteiger partial charge in [-0.05, 0) is 25.1 Å². The van der Waals surface area contributed by atoms with Gasteiger partial charge in [-0.2, -0.15) is 5.26 Å². The Labute approximate surface area is 115 Å². The van der Waals surface area contributed by atoms with Gasteiger partial charge in [0.25, 0.3) is 5.91 Å². The monoisotopic (exact) mass is 272 g/mol. The lowest BCUT2D eigenvalue weighted by atomic mass is 10.2. The third-order valence-corrected chi connectivity index (χ3v) is 2.86. The molecule has 0 saturated heterocycles. The minimum atomic E-state index is -0.671. The van der Waals surface area contributed by atoms with E-state index in [0.29, 0.717) is 17.9 Å². The molecule has 5 nitrogen and oxygen atoms in total. The summed E-state index contributed by atoms with van der Waals surface area (Å²) in [6.07, 6.45) is 1.64. The number of hydrogen-bond donors (Lipinski definition) is 2. The van der Waals surface area contributed by atoms with Gasteiger partial charge < -0.3 is 15.6 Å². The zero-order valence-electron chi connectivity index (χ0n) is 10.9. The molecule has 0 radical (unpaired) electrons. The number of amides is 1. The molecule has 2 aromatic rings. The number of nitriles is 1. The molecule has 1 aromatic heterocycles. The van der Waals surface area contributed by atoms with Crippen LogP contribution in [0.1, 0.15) is 23.0 Å². The van der Waals surface area contributed by atoms with Crippen LogP contribution >= 0.6 is 0 Å². The molecular weight excluding hydrogens is 259 g/mol. The Balaban J connectivity index is 2.33. The predicted octanol–water partition coefficient (Wildman–Crippen LogP) is 2.35. The largest absolute Gasteiger partial charge is 0.397 e. The molecule has 3 N–H and O–H groups in total. The SMILES string of the molecule is CCn1cc(N)cc1C(=O)Nc1cccc(F)c1C#N. The third kappa shape index (κ3) is 2.47. The highest BCUT2D eigenvalue weighted by Crippen LogP contribution is 2.19. The first-order valence-electron chi connectivity index (χ1n) is 6.02. The van der Waals surface area contributed by atoms with Crippen LogP contribution in [0, 0.1) is 17.1 Å². The van der Waals surface area contributed by atoms with E-state index in [-0.39, 0.29) is 11.3 Å². The van der Waals surface area contributed by atoms with Crippen LogP contribution in [0.3, 0.4) is 0 Å².